The Balaban J connectivity index is 2.14. The summed E-state index contributed by atoms with van der Waals surface area (Å²) in [4.78, 5) is 32.1. The summed E-state index contributed by atoms with van der Waals surface area (Å²) >= 11 is 5.17. The molecule has 2 aromatic heterocycles. The van der Waals surface area contributed by atoms with Crippen molar-refractivity contribution in [2.45, 2.75) is 33.2 Å². The number of aromatic hydroxyl groups is 1. The average molecular weight is 414 g/mol. The Morgan fingerprint density at radius 1 is 1.28 bits per heavy atom. The summed E-state index contributed by atoms with van der Waals surface area (Å²) in [5.74, 6) is -0.270. The average Bonchev–Trinajstić information content (AvgIpc) is 2.90. The summed E-state index contributed by atoms with van der Waals surface area (Å²) in [5.41, 5.74) is 0.586. The largest absolute Gasteiger partial charge is 0.494 e. The van der Waals surface area contributed by atoms with Gasteiger partial charge in [0.2, 0.25) is 5.88 Å². The van der Waals surface area contributed by atoms with E-state index in [9.17, 15) is 14.7 Å². The number of nitrogens with one attached hydrogen (secondary N) is 1. The van der Waals surface area contributed by atoms with E-state index in [2.05, 4.69) is 9.98 Å². The number of nitrogens with zero attached hydrogens (tertiary/aromatic N) is 4. The van der Waals surface area contributed by atoms with Gasteiger partial charge in [-0.15, -0.1) is 0 Å². The number of para-hydroxylation sites is 1. The van der Waals surface area contributed by atoms with Crippen LogP contribution in [0.1, 0.15) is 37.6 Å². The van der Waals surface area contributed by atoms with Crippen molar-refractivity contribution in [1.29, 1.82) is 0 Å². The zero-order chi connectivity index (χ0) is 21.3. The number of aromatic amines is 1. The van der Waals surface area contributed by atoms with Crippen molar-refractivity contribution in [3.8, 4) is 11.6 Å². The molecule has 0 fully saturated rings. The van der Waals surface area contributed by atoms with Crippen LogP contribution in [-0.2, 0) is 7.05 Å². The highest BCUT2D eigenvalue weighted by molar-refractivity contribution is 7.71. The smallest absolute Gasteiger partial charge is 0.297 e. The fraction of sp³-hybridized carbons (Fsp3) is 0.300. The molecule has 0 bridgehead atoms. The minimum atomic E-state index is -0.562. The monoisotopic (exact) mass is 413 g/mol. The molecule has 0 saturated carbocycles. The van der Waals surface area contributed by atoms with E-state index >= 15 is 0 Å². The fourth-order valence-electron chi connectivity index (χ4n) is 3.09. The third kappa shape index (κ3) is 3.61. The van der Waals surface area contributed by atoms with E-state index in [1.807, 2.05) is 44.2 Å². The van der Waals surface area contributed by atoms with Crippen molar-refractivity contribution in [2.75, 3.05) is 0 Å². The third-order valence-electron chi connectivity index (χ3n) is 5.03. The maximum absolute atomic E-state index is 12.9. The minimum Gasteiger partial charge on any atom is -0.494 e. The normalized spacial score (nSPS) is 12.6. The first-order chi connectivity index (χ1) is 13.8. The number of hydrogen-bond acceptors (Lipinski definition) is 5. The number of benzene rings is 1. The first-order valence-corrected chi connectivity index (χ1v) is 9.64. The topological polar surface area (TPSA) is 97.3 Å². The standard InChI is InChI=1S/C20H23N5O3S/c1-5-12(2)24-18(27)15(17(26)22-20(24)29)11-21-16-13(3)23(4)25(19(16)28)14-9-7-6-8-10-14/h6-12,27H,5H2,1-4H3,(H,22,26,29). The van der Waals surface area contributed by atoms with E-state index in [1.54, 1.807) is 18.7 Å². The van der Waals surface area contributed by atoms with Crippen LogP contribution in [0.5, 0.6) is 5.88 Å². The molecule has 0 saturated heterocycles. The van der Waals surface area contributed by atoms with E-state index in [-0.39, 0.29) is 33.5 Å². The van der Waals surface area contributed by atoms with Gasteiger partial charge in [0.15, 0.2) is 10.5 Å². The second kappa shape index (κ2) is 8.04. The van der Waals surface area contributed by atoms with Crippen LogP contribution >= 0.6 is 12.2 Å². The Morgan fingerprint density at radius 3 is 2.55 bits per heavy atom. The second-order valence-corrected chi connectivity index (χ2v) is 7.18. The molecule has 0 spiro atoms. The van der Waals surface area contributed by atoms with Crippen molar-refractivity contribution < 1.29 is 5.11 Å². The van der Waals surface area contributed by atoms with Gasteiger partial charge in [-0.1, -0.05) is 25.1 Å². The lowest BCUT2D eigenvalue weighted by atomic mass is 10.2. The van der Waals surface area contributed by atoms with Crippen LogP contribution in [0.3, 0.4) is 0 Å². The molecule has 8 nitrogen and oxygen atoms in total. The highest BCUT2D eigenvalue weighted by Crippen LogP contribution is 2.21. The summed E-state index contributed by atoms with van der Waals surface area (Å²) < 4.78 is 4.80. The van der Waals surface area contributed by atoms with Gasteiger partial charge in [0.05, 0.1) is 11.4 Å². The predicted molar refractivity (Wildman–Crippen MR) is 116 cm³/mol. The Hall–Kier alpha value is -3.20. The van der Waals surface area contributed by atoms with Gasteiger partial charge in [-0.25, -0.2) is 9.67 Å². The van der Waals surface area contributed by atoms with E-state index in [1.165, 1.54) is 15.5 Å². The van der Waals surface area contributed by atoms with E-state index in [0.717, 1.165) is 0 Å². The third-order valence-corrected chi connectivity index (χ3v) is 5.33. The summed E-state index contributed by atoms with van der Waals surface area (Å²) in [6.07, 6.45) is 1.92. The van der Waals surface area contributed by atoms with Crippen LogP contribution in [0.2, 0.25) is 0 Å². The Bertz CT molecular complexity index is 1250. The van der Waals surface area contributed by atoms with E-state index in [0.29, 0.717) is 17.8 Å². The molecule has 0 radical (unpaired) electrons. The van der Waals surface area contributed by atoms with Crippen molar-refractivity contribution in [3.63, 3.8) is 0 Å². The van der Waals surface area contributed by atoms with Crippen molar-refractivity contribution in [1.82, 2.24) is 18.9 Å². The van der Waals surface area contributed by atoms with Crippen LogP contribution in [0.4, 0.5) is 5.69 Å². The van der Waals surface area contributed by atoms with Crippen LogP contribution in [0.25, 0.3) is 5.69 Å². The van der Waals surface area contributed by atoms with E-state index < -0.39 is 5.56 Å². The zero-order valence-electron chi connectivity index (χ0n) is 16.7. The van der Waals surface area contributed by atoms with Gasteiger partial charge in [-0.3, -0.25) is 23.8 Å². The molecule has 1 unspecified atom stereocenters. The molecule has 29 heavy (non-hydrogen) atoms. The number of aromatic nitrogens is 4. The van der Waals surface area contributed by atoms with Gasteiger partial charge in [0, 0.05) is 19.3 Å². The molecule has 0 amide bonds. The zero-order valence-corrected chi connectivity index (χ0v) is 17.5. The quantitative estimate of drug-likeness (QED) is 0.496. The van der Waals surface area contributed by atoms with Gasteiger partial charge in [-0.2, -0.15) is 0 Å². The van der Waals surface area contributed by atoms with Crippen LogP contribution in [0.15, 0.2) is 44.9 Å². The maximum atomic E-state index is 12.9. The summed E-state index contributed by atoms with van der Waals surface area (Å²) in [5, 5.41) is 10.6. The molecule has 9 heteroatoms. The van der Waals surface area contributed by atoms with Gasteiger partial charge in [-0.05, 0) is 44.6 Å². The molecule has 3 rings (SSSR count). The first-order valence-electron chi connectivity index (χ1n) is 9.23. The van der Waals surface area contributed by atoms with Crippen molar-refractivity contribution >= 4 is 24.1 Å². The van der Waals surface area contributed by atoms with Crippen LogP contribution in [-0.4, -0.2) is 30.2 Å². The van der Waals surface area contributed by atoms with Gasteiger partial charge in [0.1, 0.15) is 5.56 Å². The molecule has 0 aliphatic rings. The van der Waals surface area contributed by atoms with Gasteiger partial charge in [0.25, 0.3) is 11.1 Å². The SMILES string of the molecule is CCC(C)n1c(O)c(C=Nc2c(C)n(C)n(-c3ccccc3)c2=O)c(=O)[nH]c1=S. The summed E-state index contributed by atoms with van der Waals surface area (Å²) in [6, 6.07) is 9.09. The maximum Gasteiger partial charge on any atom is 0.297 e. The molecule has 152 valence electrons. The van der Waals surface area contributed by atoms with Crippen LogP contribution < -0.4 is 11.1 Å². The second-order valence-electron chi connectivity index (χ2n) is 6.79. The fourth-order valence-corrected chi connectivity index (χ4v) is 3.45. The minimum absolute atomic E-state index is 0.0483. The molecule has 3 aromatic rings. The molecule has 0 aliphatic carbocycles. The molecular weight excluding hydrogens is 390 g/mol. The predicted octanol–water partition coefficient (Wildman–Crippen LogP) is 3.13. The number of rotatable bonds is 5. The lowest BCUT2D eigenvalue weighted by molar-refractivity contribution is 0.371. The van der Waals surface area contributed by atoms with Crippen molar-refractivity contribution in [2.24, 2.45) is 12.0 Å². The van der Waals surface area contributed by atoms with Crippen molar-refractivity contribution in [3.05, 3.63) is 67.1 Å². The molecule has 1 aromatic carbocycles. The molecule has 1 atom stereocenters. The number of aliphatic imine (C=N–C) groups is 1. The molecule has 0 aliphatic heterocycles. The van der Waals surface area contributed by atoms with Gasteiger partial charge >= 0.3 is 0 Å². The Kier molecular flexibility index (Phi) is 5.69. The van der Waals surface area contributed by atoms with Crippen LogP contribution in [0, 0.1) is 11.7 Å². The lowest BCUT2D eigenvalue weighted by Gasteiger charge is -2.16. The number of hydrogen-bond donors (Lipinski definition) is 2. The first kappa shape index (κ1) is 20.5. The molecular formula is C20H23N5O3S. The van der Waals surface area contributed by atoms with E-state index in [4.69, 9.17) is 12.2 Å². The number of H-pyrrole nitrogens is 1. The molecule has 2 N–H and O–H groups in total. The lowest BCUT2D eigenvalue weighted by Crippen LogP contribution is -2.20. The molecule has 2 heterocycles. The Morgan fingerprint density at radius 2 is 1.93 bits per heavy atom. The van der Waals surface area contributed by atoms with Gasteiger partial charge < -0.3 is 5.11 Å². The highest BCUT2D eigenvalue weighted by Gasteiger charge is 2.17. The summed E-state index contributed by atoms with van der Waals surface area (Å²) in [7, 11) is 1.76. The summed E-state index contributed by atoms with van der Waals surface area (Å²) in [6.45, 7) is 5.60. The Labute approximate surface area is 172 Å². The highest BCUT2D eigenvalue weighted by atomic mass is 32.1.